The van der Waals surface area contributed by atoms with Crippen molar-refractivity contribution in [3.63, 3.8) is 0 Å². The fourth-order valence-corrected chi connectivity index (χ4v) is 4.94. The van der Waals surface area contributed by atoms with Crippen LogP contribution in [0.25, 0.3) is 21.8 Å². The summed E-state index contributed by atoms with van der Waals surface area (Å²) in [5.41, 5.74) is 4.23. The lowest BCUT2D eigenvalue weighted by Gasteiger charge is -2.08. The summed E-state index contributed by atoms with van der Waals surface area (Å²) in [6, 6.07) is 21.1. The molecule has 0 bridgehead atoms. The molecule has 4 rings (SSSR count). The van der Waals surface area contributed by atoms with Crippen LogP contribution in [0.4, 0.5) is 0 Å². The Hall–Kier alpha value is -2.04. The summed E-state index contributed by atoms with van der Waals surface area (Å²) < 4.78 is 0. The second-order valence-electron chi connectivity index (χ2n) is 5.73. The fourth-order valence-electron chi connectivity index (χ4n) is 2.66. The van der Waals surface area contributed by atoms with Crippen LogP contribution < -0.4 is 0 Å². The molecule has 0 spiro atoms. The van der Waals surface area contributed by atoms with Gasteiger partial charge >= 0.3 is 0 Å². The van der Waals surface area contributed by atoms with Crippen LogP contribution in [0.5, 0.6) is 0 Å². The third-order valence-corrected chi connectivity index (χ3v) is 6.29. The van der Waals surface area contributed by atoms with Gasteiger partial charge in [-0.1, -0.05) is 58.0 Å². The van der Waals surface area contributed by atoms with Crippen molar-refractivity contribution in [2.24, 2.45) is 0 Å². The Bertz CT molecular complexity index is 959. The number of rotatable bonds is 3. The first-order valence-corrected chi connectivity index (χ1v) is 9.93. The number of aryl methyl sites for hydroxylation is 2. The van der Waals surface area contributed by atoms with E-state index in [1.165, 1.54) is 20.6 Å². The van der Waals surface area contributed by atoms with Gasteiger partial charge in [0.15, 0.2) is 0 Å². The SMILES string of the molecule is Cc1ccc2cccc(SSc3cccc4ccc(C)nc34)c2n1. The highest BCUT2D eigenvalue weighted by Gasteiger charge is 2.08. The van der Waals surface area contributed by atoms with Crippen molar-refractivity contribution in [2.75, 3.05) is 0 Å². The zero-order valence-corrected chi connectivity index (χ0v) is 15.1. The van der Waals surface area contributed by atoms with Crippen LogP contribution in [-0.4, -0.2) is 9.97 Å². The Morgan fingerprint density at radius 3 is 1.50 bits per heavy atom. The minimum Gasteiger partial charge on any atom is -0.252 e. The molecule has 0 aliphatic carbocycles. The molecule has 0 N–H and O–H groups in total. The van der Waals surface area contributed by atoms with E-state index in [1.54, 1.807) is 21.6 Å². The summed E-state index contributed by atoms with van der Waals surface area (Å²) in [6.07, 6.45) is 0. The van der Waals surface area contributed by atoms with Crippen molar-refractivity contribution in [1.29, 1.82) is 0 Å². The van der Waals surface area contributed by atoms with E-state index in [0.717, 1.165) is 22.4 Å². The molecule has 0 atom stereocenters. The van der Waals surface area contributed by atoms with Crippen molar-refractivity contribution in [3.05, 3.63) is 72.1 Å². The summed E-state index contributed by atoms with van der Waals surface area (Å²) in [7, 11) is 3.49. The van der Waals surface area contributed by atoms with E-state index in [1.807, 2.05) is 13.8 Å². The Kier molecular flexibility index (Phi) is 4.17. The molecular weight excluding hydrogens is 332 g/mol. The number of aromatic nitrogens is 2. The van der Waals surface area contributed by atoms with Gasteiger partial charge in [-0.25, -0.2) is 0 Å². The summed E-state index contributed by atoms with van der Waals surface area (Å²) in [4.78, 5) is 11.8. The lowest BCUT2D eigenvalue weighted by molar-refractivity contribution is 1.23. The van der Waals surface area contributed by atoms with Crippen LogP contribution in [0.3, 0.4) is 0 Å². The first-order valence-electron chi connectivity index (χ1n) is 7.78. The van der Waals surface area contributed by atoms with Gasteiger partial charge in [-0.15, -0.1) is 0 Å². The molecule has 0 saturated heterocycles. The smallest absolute Gasteiger partial charge is 0.0849 e. The highest BCUT2D eigenvalue weighted by Crippen LogP contribution is 2.42. The van der Waals surface area contributed by atoms with Gasteiger partial charge < -0.3 is 0 Å². The second kappa shape index (κ2) is 6.46. The molecule has 2 aromatic heterocycles. The van der Waals surface area contributed by atoms with Crippen molar-refractivity contribution in [2.45, 2.75) is 23.6 Å². The van der Waals surface area contributed by atoms with Crippen molar-refractivity contribution < 1.29 is 0 Å². The van der Waals surface area contributed by atoms with Crippen LogP contribution in [-0.2, 0) is 0 Å². The van der Waals surface area contributed by atoms with E-state index in [2.05, 4.69) is 60.7 Å². The average Bonchev–Trinajstić information content (AvgIpc) is 2.60. The van der Waals surface area contributed by atoms with Crippen LogP contribution in [0.1, 0.15) is 11.4 Å². The van der Waals surface area contributed by atoms with E-state index < -0.39 is 0 Å². The molecule has 24 heavy (non-hydrogen) atoms. The largest absolute Gasteiger partial charge is 0.252 e. The maximum Gasteiger partial charge on any atom is 0.0849 e. The molecule has 0 unspecified atom stereocenters. The normalized spacial score (nSPS) is 11.2. The molecule has 118 valence electrons. The lowest BCUT2D eigenvalue weighted by Crippen LogP contribution is -1.86. The molecule has 2 heterocycles. The predicted molar refractivity (Wildman–Crippen MR) is 105 cm³/mol. The van der Waals surface area contributed by atoms with Crippen molar-refractivity contribution >= 4 is 43.4 Å². The number of fused-ring (bicyclic) bond motifs is 2. The molecule has 0 radical (unpaired) electrons. The third kappa shape index (κ3) is 2.99. The quantitative estimate of drug-likeness (QED) is 0.412. The standard InChI is InChI=1S/C20H16N2S2/c1-13-9-11-15-5-3-7-17(19(15)21-13)23-24-18-8-4-6-16-12-10-14(2)22-20(16)18/h3-12H,1-2H3. The molecule has 0 amide bonds. The Labute approximate surface area is 149 Å². The molecule has 2 aromatic carbocycles. The van der Waals surface area contributed by atoms with Gasteiger partial charge in [0.25, 0.3) is 0 Å². The van der Waals surface area contributed by atoms with E-state index in [0.29, 0.717) is 0 Å². The van der Waals surface area contributed by atoms with Gasteiger partial charge in [-0.2, -0.15) is 0 Å². The molecule has 0 aliphatic rings. The van der Waals surface area contributed by atoms with Crippen LogP contribution >= 0.6 is 21.6 Å². The number of benzene rings is 2. The molecule has 0 saturated carbocycles. The highest BCUT2D eigenvalue weighted by molar-refractivity contribution is 8.76. The van der Waals surface area contributed by atoms with E-state index >= 15 is 0 Å². The van der Waals surface area contributed by atoms with Gasteiger partial charge in [0.05, 0.1) is 11.0 Å². The summed E-state index contributed by atoms with van der Waals surface area (Å²) in [6.45, 7) is 4.07. The maximum absolute atomic E-state index is 4.71. The zero-order chi connectivity index (χ0) is 16.5. The minimum absolute atomic E-state index is 1.04. The Balaban J connectivity index is 1.71. The zero-order valence-electron chi connectivity index (χ0n) is 13.5. The fraction of sp³-hybridized carbons (Fsp3) is 0.100. The minimum atomic E-state index is 1.04. The molecular formula is C20H16N2S2. The molecule has 2 nitrogen and oxygen atoms in total. The van der Waals surface area contributed by atoms with E-state index in [9.17, 15) is 0 Å². The highest BCUT2D eigenvalue weighted by atomic mass is 33.1. The number of pyridine rings is 2. The van der Waals surface area contributed by atoms with E-state index in [-0.39, 0.29) is 0 Å². The van der Waals surface area contributed by atoms with Gasteiger partial charge in [-0.05, 0) is 38.1 Å². The summed E-state index contributed by atoms with van der Waals surface area (Å²) in [5.74, 6) is 0. The Morgan fingerprint density at radius 1 is 0.583 bits per heavy atom. The van der Waals surface area contributed by atoms with Gasteiger partial charge in [-0.3, -0.25) is 9.97 Å². The van der Waals surface area contributed by atoms with Crippen molar-refractivity contribution in [3.8, 4) is 0 Å². The topological polar surface area (TPSA) is 25.8 Å². The summed E-state index contributed by atoms with van der Waals surface area (Å²) in [5, 5.41) is 2.36. The van der Waals surface area contributed by atoms with Crippen LogP contribution in [0, 0.1) is 13.8 Å². The van der Waals surface area contributed by atoms with Gasteiger partial charge in [0.1, 0.15) is 0 Å². The Morgan fingerprint density at radius 2 is 1.04 bits per heavy atom. The molecule has 0 fully saturated rings. The second-order valence-corrected chi connectivity index (χ2v) is 7.94. The maximum atomic E-state index is 4.71. The predicted octanol–water partition coefficient (Wildman–Crippen LogP) is 6.20. The van der Waals surface area contributed by atoms with Gasteiger partial charge in [0.2, 0.25) is 0 Å². The van der Waals surface area contributed by atoms with Crippen LogP contribution in [0.15, 0.2) is 70.5 Å². The van der Waals surface area contributed by atoms with E-state index in [4.69, 9.17) is 9.97 Å². The molecule has 0 aliphatic heterocycles. The average molecular weight is 348 g/mol. The van der Waals surface area contributed by atoms with Crippen LogP contribution in [0.2, 0.25) is 0 Å². The number of nitrogens with zero attached hydrogens (tertiary/aromatic N) is 2. The first kappa shape index (κ1) is 15.5. The first-order chi connectivity index (χ1) is 11.7. The number of hydrogen-bond acceptors (Lipinski definition) is 4. The van der Waals surface area contributed by atoms with Gasteiger partial charge in [0, 0.05) is 32.0 Å². The third-order valence-electron chi connectivity index (χ3n) is 3.87. The lowest BCUT2D eigenvalue weighted by atomic mass is 10.2. The monoisotopic (exact) mass is 348 g/mol. The molecule has 4 heteroatoms. The van der Waals surface area contributed by atoms with Crippen molar-refractivity contribution in [1.82, 2.24) is 9.97 Å². The number of para-hydroxylation sites is 2. The summed E-state index contributed by atoms with van der Waals surface area (Å²) >= 11 is 0. The molecule has 4 aromatic rings. The number of hydrogen-bond donors (Lipinski definition) is 0.